The topological polar surface area (TPSA) is 48.0 Å². The lowest BCUT2D eigenvalue weighted by Crippen LogP contribution is -2.29. The Morgan fingerprint density at radius 1 is 1.11 bits per heavy atom. The largest absolute Gasteiger partial charge is 0.466 e. The van der Waals surface area contributed by atoms with Crippen LogP contribution >= 0.6 is 0 Å². The summed E-state index contributed by atoms with van der Waals surface area (Å²) in [5.74, 6) is -0.279. The van der Waals surface area contributed by atoms with Gasteiger partial charge in [-0.15, -0.1) is 0 Å². The molecule has 0 aliphatic rings. The van der Waals surface area contributed by atoms with Crippen LogP contribution in [0.15, 0.2) is 11.6 Å². The van der Waals surface area contributed by atoms with Gasteiger partial charge in [0.1, 0.15) is 0 Å². The third-order valence-corrected chi connectivity index (χ3v) is 2.60. The van der Waals surface area contributed by atoms with Crippen LogP contribution in [0.4, 0.5) is 0 Å². The van der Waals surface area contributed by atoms with E-state index in [0.29, 0.717) is 18.7 Å². The molecule has 106 valence electrons. The molecular weight excluding hydrogens is 234 g/mol. The van der Waals surface area contributed by atoms with Crippen molar-refractivity contribution in [3.63, 3.8) is 0 Å². The summed E-state index contributed by atoms with van der Waals surface area (Å²) in [4.78, 5) is 13.5. The van der Waals surface area contributed by atoms with Gasteiger partial charge in [0.15, 0.2) is 0 Å². The molecule has 5 heteroatoms. The summed E-state index contributed by atoms with van der Waals surface area (Å²) in [6, 6.07) is 0. The predicted octanol–water partition coefficient (Wildman–Crippen LogP) is 1.09. The van der Waals surface area contributed by atoms with Crippen LogP contribution in [-0.4, -0.2) is 65.0 Å². The number of carbonyl (C=O) groups is 1. The average Bonchev–Trinajstić information content (AvgIpc) is 2.39. The van der Waals surface area contributed by atoms with E-state index in [1.54, 1.807) is 21.1 Å². The Kier molecular flexibility index (Phi) is 10.6. The van der Waals surface area contributed by atoms with Crippen molar-refractivity contribution in [2.24, 2.45) is 0 Å². The molecule has 0 amide bonds. The fourth-order valence-electron chi connectivity index (χ4n) is 1.46. The van der Waals surface area contributed by atoms with Crippen molar-refractivity contribution in [2.75, 3.05) is 54.2 Å². The van der Waals surface area contributed by atoms with Crippen LogP contribution in [0.2, 0.25) is 0 Å². The minimum absolute atomic E-state index is 0.279. The maximum atomic E-state index is 11.2. The van der Waals surface area contributed by atoms with Gasteiger partial charge in [0.2, 0.25) is 0 Å². The molecule has 0 aromatic carbocycles. The second kappa shape index (κ2) is 11.2. The third-order valence-electron chi connectivity index (χ3n) is 2.60. The second-order valence-electron chi connectivity index (χ2n) is 4.02. The molecule has 0 aromatic heterocycles. The number of hydrogen-bond acceptors (Lipinski definition) is 5. The van der Waals surface area contributed by atoms with E-state index in [9.17, 15) is 4.79 Å². The lowest BCUT2D eigenvalue weighted by Gasteiger charge is -2.20. The Bertz CT molecular complexity index is 253. The fourth-order valence-corrected chi connectivity index (χ4v) is 1.46. The summed E-state index contributed by atoms with van der Waals surface area (Å²) in [5, 5.41) is 0. The van der Waals surface area contributed by atoms with Crippen LogP contribution in [0, 0.1) is 0 Å². The van der Waals surface area contributed by atoms with Gasteiger partial charge in [-0.1, -0.05) is 6.08 Å². The number of rotatable bonds is 10. The van der Waals surface area contributed by atoms with Gasteiger partial charge >= 0.3 is 5.97 Å². The van der Waals surface area contributed by atoms with E-state index in [2.05, 4.69) is 9.64 Å². The van der Waals surface area contributed by atoms with Gasteiger partial charge in [-0.25, -0.2) is 4.79 Å². The van der Waals surface area contributed by atoms with Gasteiger partial charge in [0.25, 0.3) is 0 Å². The van der Waals surface area contributed by atoms with Gasteiger partial charge in [-0.3, -0.25) is 4.90 Å². The highest BCUT2D eigenvalue weighted by atomic mass is 16.5. The Morgan fingerprint density at radius 3 is 2.33 bits per heavy atom. The second-order valence-corrected chi connectivity index (χ2v) is 4.02. The molecule has 0 N–H and O–H groups in total. The highest BCUT2D eigenvalue weighted by molar-refractivity contribution is 5.87. The van der Waals surface area contributed by atoms with E-state index in [-0.39, 0.29) is 5.97 Å². The van der Waals surface area contributed by atoms with Crippen LogP contribution in [0.1, 0.15) is 13.3 Å². The first-order chi connectivity index (χ1) is 8.65. The molecule has 0 heterocycles. The van der Waals surface area contributed by atoms with Crippen LogP contribution in [0.3, 0.4) is 0 Å². The van der Waals surface area contributed by atoms with Gasteiger partial charge in [0, 0.05) is 46.0 Å². The monoisotopic (exact) mass is 259 g/mol. The van der Waals surface area contributed by atoms with Crippen LogP contribution < -0.4 is 0 Å². The number of ether oxygens (including phenoxy) is 3. The van der Waals surface area contributed by atoms with Gasteiger partial charge in [-0.2, -0.15) is 0 Å². The van der Waals surface area contributed by atoms with E-state index >= 15 is 0 Å². The van der Waals surface area contributed by atoms with E-state index in [0.717, 1.165) is 26.1 Å². The molecule has 0 unspecified atom stereocenters. The van der Waals surface area contributed by atoms with Gasteiger partial charge < -0.3 is 14.2 Å². The molecule has 18 heavy (non-hydrogen) atoms. The zero-order valence-electron chi connectivity index (χ0n) is 11.9. The first kappa shape index (κ1) is 17.1. The molecule has 0 bridgehead atoms. The standard InChI is InChI=1S/C13H25NO4/c1-12(13(15)18-4)6-8-14(9-11-17-3)7-5-10-16-2/h6H,5,7-11H2,1-4H3. The smallest absolute Gasteiger partial charge is 0.333 e. The Morgan fingerprint density at radius 2 is 1.78 bits per heavy atom. The molecule has 0 saturated carbocycles. The van der Waals surface area contributed by atoms with E-state index in [1.165, 1.54) is 7.11 Å². The molecule has 0 aliphatic heterocycles. The minimum atomic E-state index is -0.279. The Balaban J connectivity index is 4.16. The molecule has 0 saturated heterocycles. The maximum absolute atomic E-state index is 11.2. The maximum Gasteiger partial charge on any atom is 0.333 e. The summed E-state index contributed by atoms with van der Waals surface area (Å²) < 4.78 is 14.8. The molecule has 0 atom stereocenters. The predicted molar refractivity (Wildman–Crippen MR) is 70.6 cm³/mol. The van der Waals surface area contributed by atoms with E-state index in [4.69, 9.17) is 9.47 Å². The average molecular weight is 259 g/mol. The van der Waals surface area contributed by atoms with Crippen molar-refractivity contribution in [3.8, 4) is 0 Å². The van der Waals surface area contributed by atoms with Gasteiger partial charge in [-0.05, 0) is 13.3 Å². The zero-order valence-corrected chi connectivity index (χ0v) is 11.9. The van der Waals surface area contributed by atoms with Crippen molar-refractivity contribution < 1.29 is 19.0 Å². The summed E-state index contributed by atoms with van der Waals surface area (Å²) in [6.45, 7) is 5.65. The van der Waals surface area contributed by atoms with Crippen molar-refractivity contribution in [1.29, 1.82) is 0 Å². The lowest BCUT2D eigenvalue weighted by atomic mass is 10.2. The van der Waals surface area contributed by atoms with Crippen molar-refractivity contribution >= 4 is 5.97 Å². The molecule has 0 fully saturated rings. The Hall–Kier alpha value is -0.910. The SMILES string of the molecule is COCCCN(CC=C(C)C(=O)OC)CCOC. The molecule has 0 aromatic rings. The molecular formula is C13H25NO4. The number of methoxy groups -OCH3 is 3. The summed E-state index contributed by atoms with van der Waals surface area (Å²) in [5.41, 5.74) is 0.631. The van der Waals surface area contributed by atoms with Crippen LogP contribution in [0.25, 0.3) is 0 Å². The highest BCUT2D eigenvalue weighted by Gasteiger charge is 2.06. The lowest BCUT2D eigenvalue weighted by molar-refractivity contribution is -0.136. The molecule has 0 aliphatic carbocycles. The summed E-state index contributed by atoms with van der Waals surface area (Å²) in [7, 11) is 4.77. The quantitative estimate of drug-likeness (QED) is 0.334. The van der Waals surface area contributed by atoms with E-state index in [1.807, 2.05) is 6.08 Å². The van der Waals surface area contributed by atoms with Gasteiger partial charge in [0.05, 0.1) is 13.7 Å². The van der Waals surface area contributed by atoms with Crippen LogP contribution in [-0.2, 0) is 19.0 Å². The summed E-state index contributed by atoms with van der Waals surface area (Å²) >= 11 is 0. The molecule has 0 rings (SSSR count). The van der Waals surface area contributed by atoms with E-state index < -0.39 is 0 Å². The number of carbonyl (C=O) groups excluding carboxylic acids is 1. The summed E-state index contributed by atoms with van der Waals surface area (Å²) in [6.07, 6.45) is 2.85. The van der Waals surface area contributed by atoms with Crippen molar-refractivity contribution in [3.05, 3.63) is 11.6 Å². The molecule has 0 radical (unpaired) electrons. The molecule has 0 spiro atoms. The number of esters is 1. The van der Waals surface area contributed by atoms with Crippen molar-refractivity contribution in [2.45, 2.75) is 13.3 Å². The minimum Gasteiger partial charge on any atom is -0.466 e. The first-order valence-corrected chi connectivity index (χ1v) is 6.11. The third kappa shape index (κ3) is 8.22. The fraction of sp³-hybridized carbons (Fsp3) is 0.769. The first-order valence-electron chi connectivity index (χ1n) is 6.11. The Labute approximate surface area is 110 Å². The normalized spacial score (nSPS) is 11.9. The highest BCUT2D eigenvalue weighted by Crippen LogP contribution is 1.99. The molecule has 5 nitrogen and oxygen atoms in total. The van der Waals surface area contributed by atoms with Crippen molar-refractivity contribution in [1.82, 2.24) is 4.90 Å². The number of hydrogen-bond donors (Lipinski definition) is 0. The zero-order chi connectivity index (χ0) is 13.8. The number of nitrogens with zero attached hydrogens (tertiary/aromatic N) is 1. The van der Waals surface area contributed by atoms with Crippen LogP contribution in [0.5, 0.6) is 0 Å².